The molecular weight excluding hydrogens is 531 g/mol. The molecule has 2 fully saturated rings. The van der Waals surface area contributed by atoms with Crippen molar-refractivity contribution in [2.75, 3.05) is 56.2 Å². The van der Waals surface area contributed by atoms with Gasteiger partial charge in [-0.1, -0.05) is 0 Å². The Kier molecular flexibility index (Phi) is 7.95. The van der Waals surface area contributed by atoms with Crippen molar-refractivity contribution >= 4 is 22.4 Å². The molecule has 2 atom stereocenters. The average Bonchev–Trinajstić information content (AvgIpc) is 3.60. The number of likely N-dealkylation sites (N-methyl/N-ethyl adjacent to an activating group) is 1. The molecule has 0 saturated carbocycles. The van der Waals surface area contributed by atoms with Gasteiger partial charge in [-0.3, -0.25) is 0 Å². The minimum atomic E-state index is -0.249. The predicted octanol–water partition coefficient (Wildman–Crippen LogP) is 4.85. The molecule has 3 aliphatic rings. The normalized spacial score (nSPS) is 21.6. The number of halogens is 1. The Morgan fingerprint density at radius 3 is 2.81 bits per heavy atom. The quantitative estimate of drug-likeness (QED) is 0.430. The van der Waals surface area contributed by atoms with Crippen LogP contribution in [0.3, 0.4) is 0 Å². The molecule has 0 bridgehead atoms. The molecule has 9 nitrogen and oxygen atoms in total. The summed E-state index contributed by atoms with van der Waals surface area (Å²) in [7, 11) is 2.15. The summed E-state index contributed by atoms with van der Waals surface area (Å²) in [5, 5.41) is 10.8. The molecule has 5 heterocycles. The molecule has 2 saturated heterocycles. The Morgan fingerprint density at radius 1 is 1.19 bits per heavy atom. The summed E-state index contributed by atoms with van der Waals surface area (Å²) in [6.45, 7) is 10.9. The molecule has 1 aromatic carbocycles. The van der Waals surface area contributed by atoms with E-state index < -0.39 is 0 Å². The zero-order valence-electron chi connectivity index (χ0n) is 25.2. The van der Waals surface area contributed by atoms with E-state index in [0.717, 1.165) is 48.5 Å². The smallest absolute Gasteiger partial charge is 0.318 e. The number of aromatic nitrogens is 3. The number of nitrogens with zero attached hydrogens (tertiary/aromatic N) is 7. The van der Waals surface area contributed by atoms with Crippen molar-refractivity contribution < 1.29 is 9.13 Å². The Labute approximate surface area is 247 Å². The van der Waals surface area contributed by atoms with E-state index in [-0.39, 0.29) is 11.9 Å². The number of hydrogen-bond acceptors (Lipinski definition) is 8. The molecular formula is C32H41FN8O. The molecule has 222 valence electrons. The van der Waals surface area contributed by atoms with Crippen LogP contribution >= 0.6 is 0 Å². The Hall–Kier alpha value is -3.84. The van der Waals surface area contributed by atoms with Crippen LogP contribution in [0.1, 0.15) is 48.6 Å². The first kappa shape index (κ1) is 28.3. The number of aromatic amines is 1. The van der Waals surface area contributed by atoms with Crippen LogP contribution in [0, 0.1) is 25.2 Å². The number of aryl methyl sites for hydroxylation is 1. The largest absolute Gasteiger partial charge is 0.462 e. The second-order valence-electron chi connectivity index (χ2n) is 12.0. The van der Waals surface area contributed by atoms with Crippen LogP contribution in [0.2, 0.25) is 0 Å². The van der Waals surface area contributed by atoms with Crippen molar-refractivity contribution in [3.05, 3.63) is 52.7 Å². The maximum Gasteiger partial charge on any atom is 0.318 e. The highest BCUT2D eigenvalue weighted by atomic mass is 19.1. The van der Waals surface area contributed by atoms with Crippen LogP contribution in [-0.2, 0) is 13.0 Å². The number of piperazine rings is 1. The van der Waals surface area contributed by atoms with Gasteiger partial charge in [0.2, 0.25) is 0 Å². The molecule has 3 aliphatic heterocycles. The summed E-state index contributed by atoms with van der Waals surface area (Å²) in [5.41, 5.74) is 7.08. The third-order valence-corrected chi connectivity index (χ3v) is 9.26. The van der Waals surface area contributed by atoms with Crippen molar-refractivity contribution in [1.82, 2.24) is 24.8 Å². The lowest BCUT2D eigenvalue weighted by Gasteiger charge is -2.42. The van der Waals surface area contributed by atoms with Crippen LogP contribution < -0.4 is 14.5 Å². The maximum absolute atomic E-state index is 13.8. The van der Waals surface area contributed by atoms with Gasteiger partial charge in [0.15, 0.2) is 0 Å². The number of H-pyrrole nitrogens is 1. The summed E-state index contributed by atoms with van der Waals surface area (Å²) >= 11 is 0. The van der Waals surface area contributed by atoms with E-state index >= 15 is 0 Å². The number of nitrogens with one attached hydrogen (secondary N) is 1. The lowest BCUT2D eigenvalue weighted by atomic mass is 9.99. The zero-order chi connectivity index (χ0) is 29.4. The van der Waals surface area contributed by atoms with E-state index in [1.165, 1.54) is 41.7 Å². The van der Waals surface area contributed by atoms with Gasteiger partial charge in [0.05, 0.1) is 30.8 Å². The number of allylic oxidation sites excluding steroid dienone is 1. The number of ether oxygens (including phenoxy) is 1. The highest BCUT2D eigenvalue weighted by molar-refractivity contribution is 5.95. The molecule has 10 heteroatoms. The molecule has 1 N–H and O–H groups in total. The number of likely N-dealkylation sites (tertiary alicyclic amines) is 1. The lowest BCUT2D eigenvalue weighted by molar-refractivity contribution is 0.187. The molecule has 2 aromatic heterocycles. The van der Waals surface area contributed by atoms with Gasteiger partial charge in [-0.2, -0.15) is 15.2 Å². The van der Waals surface area contributed by atoms with Crippen molar-refractivity contribution in [2.45, 2.75) is 65.1 Å². The summed E-state index contributed by atoms with van der Waals surface area (Å²) in [6, 6.07) is 7.33. The van der Waals surface area contributed by atoms with E-state index in [1.807, 2.05) is 11.1 Å². The monoisotopic (exact) mass is 572 g/mol. The van der Waals surface area contributed by atoms with Crippen LogP contribution in [-0.4, -0.2) is 83.2 Å². The average molecular weight is 573 g/mol. The van der Waals surface area contributed by atoms with E-state index in [1.54, 1.807) is 0 Å². The Balaban J connectivity index is 1.34. The number of rotatable bonds is 7. The predicted molar refractivity (Wildman–Crippen MR) is 164 cm³/mol. The number of benzene rings is 1. The Bertz CT molecular complexity index is 1520. The molecule has 0 amide bonds. The van der Waals surface area contributed by atoms with Crippen molar-refractivity contribution in [3.63, 3.8) is 0 Å². The highest BCUT2D eigenvalue weighted by Gasteiger charge is 2.32. The second-order valence-corrected chi connectivity index (χ2v) is 12.0. The standard InChI is InChI=1S/C32H41FN8O/c1-21-16-28-26(8-11-35-28)30(23(21)3)40-13-9-27-29(19-40)36-32(42-20-25-6-5-12-38(25)4)37-31(27)41-15-14-39(17-22(2)33)24(18-41)7-10-34/h8,11,16-17,24-25,35H,5-7,9,12-15,18-20H2,1-4H3. The Morgan fingerprint density at radius 2 is 2.05 bits per heavy atom. The minimum Gasteiger partial charge on any atom is -0.462 e. The summed E-state index contributed by atoms with van der Waals surface area (Å²) in [4.78, 5) is 22.4. The minimum absolute atomic E-state index is 0.117. The fourth-order valence-electron chi connectivity index (χ4n) is 6.84. The molecule has 6 rings (SSSR count). The molecule has 0 spiro atoms. The first-order valence-corrected chi connectivity index (χ1v) is 15.1. The van der Waals surface area contributed by atoms with E-state index in [0.29, 0.717) is 51.3 Å². The number of nitriles is 1. The number of anilines is 2. The third kappa shape index (κ3) is 5.50. The van der Waals surface area contributed by atoms with Gasteiger partial charge in [-0.05, 0) is 76.9 Å². The van der Waals surface area contributed by atoms with Crippen molar-refractivity contribution in [3.8, 4) is 12.1 Å². The van der Waals surface area contributed by atoms with Crippen LogP contribution in [0.25, 0.3) is 10.9 Å². The lowest BCUT2D eigenvalue weighted by Crippen LogP contribution is -2.51. The van der Waals surface area contributed by atoms with Gasteiger partial charge in [-0.15, -0.1) is 0 Å². The van der Waals surface area contributed by atoms with Crippen molar-refractivity contribution in [2.24, 2.45) is 0 Å². The maximum atomic E-state index is 13.8. The van der Waals surface area contributed by atoms with Crippen LogP contribution in [0.4, 0.5) is 15.9 Å². The van der Waals surface area contributed by atoms with Gasteiger partial charge < -0.3 is 29.3 Å². The van der Waals surface area contributed by atoms with Gasteiger partial charge in [0, 0.05) is 66.8 Å². The third-order valence-electron chi connectivity index (χ3n) is 9.26. The zero-order valence-corrected chi connectivity index (χ0v) is 25.2. The molecule has 42 heavy (non-hydrogen) atoms. The van der Waals surface area contributed by atoms with Crippen LogP contribution in [0.15, 0.2) is 30.4 Å². The highest BCUT2D eigenvalue weighted by Crippen LogP contribution is 2.37. The second kappa shape index (κ2) is 11.8. The topological polar surface area (TPSA) is 87.6 Å². The van der Waals surface area contributed by atoms with Crippen molar-refractivity contribution in [1.29, 1.82) is 5.26 Å². The summed E-state index contributed by atoms with van der Waals surface area (Å²) < 4.78 is 20.1. The van der Waals surface area contributed by atoms with Gasteiger partial charge in [0.1, 0.15) is 18.3 Å². The molecule has 0 aliphatic carbocycles. The van der Waals surface area contributed by atoms with E-state index in [2.05, 4.69) is 58.8 Å². The molecule has 2 unspecified atom stereocenters. The fraction of sp³-hybridized carbons (Fsp3) is 0.531. The van der Waals surface area contributed by atoms with Gasteiger partial charge >= 0.3 is 6.01 Å². The first-order chi connectivity index (χ1) is 20.3. The van der Waals surface area contributed by atoms with E-state index in [9.17, 15) is 9.65 Å². The van der Waals surface area contributed by atoms with Gasteiger partial charge in [-0.25, -0.2) is 4.39 Å². The summed E-state index contributed by atoms with van der Waals surface area (Å²) in [6.07, 6.45) is 6.96. The van der Waals surface area contributed by atoms with Gasteiger partial charge in [0.25, 0.3) is 0 Å². The molecule has 3 aromatic rings. The van der Waals surface area contributed by atoms with Crippen LogP contribution in [0.5, 0.6) is 6.01 Å². The first-order valence-electron chi connectivity index (χ1n) is 15.1. The fourth-order valence-corrected chi connectivity index (χ4v) is 6.84. The number of hydrogen-bond donors (Lipinski definition) is 1. The number of fused-ring (bicyclic) bond motifs is 2. The van der Waals surface area contributed by atoms with E-state index in [4.69, 9.17) is 14.7 Å². The molecule has 0 radical (unpaired) electrons. The summed E-state index contributed by atoms with van der Waals surface area (Å²) in [5.74, 6) is 0.646. The SMILES string of the molecule is CC(F)=CN1CCN(c2nc(OCC3CCCN3C)nc3c2CCN(c2c(C)c(C)cc4[nH]ccc24)C3)CC1CC#N.